The molecule has 0 spiro atoms. The summed E-state index contributed by atoms with van der Waals surface area (Å²) in [5.74, 6) is 0.841. The fourth-order valence-corrected chi connectivity index (χ4v) is 2.21. The predicted octanol–water partition coefficient (Wildman–Crippen LogP) is 4.01. The Bertz CT molecular complexity index is 728. The first-order chi connectivity index (χ1) is 11.0. The van der Waals surface area contributed by atoms with Gasteiger partial charge in [0.05, 0.1) is 11.6 Å². The summed E-state index contributed by atoms with van der Waals surface area (Å²) in [6, 6.07) is 14.8. The molecule has 0 saturated heterocycles. The molecule has 4 heteroatoms. The summed E-state index contributed by atoms with van der Waals surface area (Å²) >= 11 is 0. The van der Waals surface area contributed by atoms with Gasteiger partial charge in [0.25, 0.3) is 5.91 Å². The van der Waals surface area contributed by atoms with Crippen LogP contribution in [0.4, 0.5) is 5.69 Å². The van der Waals surface area contributed by atoms with Crippen LogP contribution in [0.25, 0.3) is 0 Å². The number of nitriles is 1. The number of carbonyl (C=O) groups excluding carboxylic acids is 1. The van der Waals surface area contributed by atoms with Crippen molar-refractivity contribution >= 4 is 11.6 Å². The Morgan fingerprint density at radius 2 is 1.91 bits per heavy atom. The molecule has 0 heterocycles. The largest absolute Gasteiger partial charge is 0.483 e. The second-order valence-corrected chi connectivity index (χ2v) is 5.72. The molecule has 0 aliphatic rings. The molecule has 0 saturated carbocycles. The van der Waals surface area contributed by atoms with E-state index in [9.17, 15) is 4.79 Å². The van der Waals surface area contributed by atoms with E-state index in [4.69, 9.17) is 10.00 Å². The minimum atomic E-state index is -0.231. The summed E-state index contributed by atoms with van der Waals surface area (Å²) in [6.45, 7) is 6.12. The van der Waals surface area contributed by atoms with Gasteiger partial charge in [-0.05, 0) is 54.3 Å². The van der Waals surface area contributed by atoms with Crippen molar-refractivity contribution in [2.75, 3.05) is 11.9 Å². The standard InChI is InChI=1S/C19H20N2O2/c1-13(2)17-9-4-14(3)10-18(17)23-12-19(22)21-16-7-5-15(11-20)6-8-16/h4-10,13H,12H2,1-3H3,(H,21,22). The maximum atomic E-state index is 12.0. The Morgan fingerprint density at radius 3 is 2.52 bits per heavy atom. The van der Waals surface area contributed by atoms with Crippen molar-refractivity contribution in [3.63, 3.8) is 0 Å². The smallest absolute Gasteiger partial charge is 0.262 e. The van der Waals surface area contributed by atoms with Gasteiger partial charge in [-0.1, -0.05) is 26.0 Å². The topological polar surface area (TPSA) is 62.1 Å². The van der Waals surface area contributed by atoms with E-state index in [1.54, 1.807) is 24.3 Å². The highest BCUT2D eigenvalue weighted by Gasteiger charge is 2.10. The van der Waals surface area contributed by atoms with E-state index in [-0.39, 0.29) is 12.5 Å². The number of amides is 1. The van der Waals surface area contributed by atoms with Crippen LogP contribution in [0.5, 0.6) is 5.75 Å². The molecule has 0 aliphatic heterocycles. The average Bonchev–Trinajstić information content (AvgIpc) is 2.53. The molecule has 2 aromatic rings. The minimum absolute atomic E-state index is 0.0524. The zero-order valence-corrected chi connectivity index (χ0v) is 13.6. The van der Waals surface area contributed by atoms with Gasteiger partial charge in [-0.15, -0.1) is 0 Å². The summed E-state index contributed by atoms with van der Waals surface area (Å²) in [5, 5.41) is 11.5. The Balaban J connectivity index is 1.99. The first-order valence-electron chi connectivity index (χ1n) is 7.53. The van der Waals surface area contributed by atoms with Crippen LogP contribution in [-0.4, -0.2) is 12.5 Å². The zero-order valence-electron chi connectivity index (χ0n) is 13.6. The van der Waals surface area contributed by atoms with Crippen molar-refractivity contribution in [2.45, 2.75) is 26.7 Å². The molecule has 0 radical (unpaired) electrons. The highest BCUT2D eigenvalue weighted by molar-refractivity contribution is 5.91. The Labute approximate surface area is 136 Å². The summed E-state index contributed by atoms with van der Waals surface area (Å²) in [5.41, 5.74) is 3.38. The van der Waals surface area contributed by atoms with Crippen molar-refractivity contribution in [3.8, 4) is 11.8 Å². The number of carbonyl (C=O) groups is 1. The lowest BCUT2D eigenvalue weighted by Gasteiger charge is -2.14. The van der Waals surface area contributed by atoms with E-state index in [1.165, 1.54) is 0 Å². The van der Waals surface area contributed by atoms with Crippen LogP contribution < -0.4 is 10.1 Å². The van der Waals surface area contributed by atoms with Crippen LogP contribution in [0.3, 0.4) is 0 Å². The van der Waals surface area contributed by atoms with E-state index >= 15 is 0 Å². The van der Waals surface area contributed by atoms with Crippen LogP contribution >= 0.6 is 0 Å². The highest BCUT2D eigenvalue weighted by Crippen LogP contribution is 2.27. The Hall–Kier alpha value is -2.80. The molecule has 23 heavy (non-hydrogen) atoms. The third-order valence-corrected chi connectivity index (χ3v) is 3.45. The van der Waals surface area contributed by atoms with Gasteiger partial charge in [-0.2, -0.15) is 5.26 Å². The summed E-state index contributed by atoms with van der Waals surface area (Å²) in [6.07, 6.45) is 0. The number of hydrogen-bond acceptors (Lipinski definition) is 3. The summed E-state index contributed by atoms with van der Waals surface area (Å²) < 4.78 is 5.69. The number of nitrogens with zero attached hydrogens (tertiary/aromatic N) is 1. The minimum Gasteiger partial charge on any atom is -0.483 e. The molecule has 0 aromatic heterocycles. The van der Waals surface area contributed by atoms with E-state index in [2.05, 4.69) is 19.2 Å². The maximum Gasteiger partial charge on any atom is 0.262 e. The quantitative estimate of drug-likeness (QED) is 0.908. The lowest BCUT2D eigenvalue weighted by atomic mass is 10.0. The van der Waals surface area contributed by atoms with Crippen molar-refractivity contribution in [2.24, 2.45) is 0 Å². The van der Waals surface area contributed by atoms with Gasteiger partial charge in [-0.3, -0.25) is 4.79 Å². The van der Waals surface area contributed by atoms with Crippen molar-refractivity contribution in [1.82, 2.24) is 0 Å². The third-order valence-electron chi connectivity index (χ3n) is 3.45. The number of nitrogens with one attached hydrogen (secondary N) is 1. The van der Waals surface area contributed by atoms with Crippen LogP contribution in [0.2, 0.25) is 0 Å². The first kappa shape index (κ1) is 16.6. The maximum absolute atomic E-state index is 12.0. The molecule has 0 aliphatic carbocycles. The lowest BCUT2D eigenvalue weighted by Crippen LogP contribution is -2.20. The fraction of sp³-hybridized carbons (Fsp3) is 0.263. The lowest BCUT2D eigenvalue weighted by molar-refractivity contribution is -0.118. The van der Waals surface area contributed by atoms with Crippen LogP contribution in [-0.2, 0) is 4.79 Å². The van der Waals surface area contributed by atoms with Gasteiger partial charge in [0.2, 0.25) is 0 Å². The molecule has 118 valence electrons. The molecular weight excluding hydrogens is 288 g/mol. The van der Waals surface area contributed by atoms with Gasteiger partial charge < -0.3 is 10.1 Å². The van der Waals surface area contributed by atoms with Crippen LogP contribution in [0, 0.1) is 18.3 Å². The highest BCUT2D eigenvalue weighted by atomic mass is 16.5. The van der Waals surface area contributed by atoms with Gasteiger partial charge in [0.15, 0.2) is 6.61 Å². The molecule has 4 nitrogen and oxygen atoms in total. The van der Waals surface area contributed by atoms with Gasteiger partial charge in [-0.25, -0.2) is 0 Å². The summed E-state index contributed by atoms with van der Waals surface area (Å²) in [4.78, 5) is 12.0. The van der Waals surface area contributed by atoms with Crippen LogP contribution in [0.1, 0.15) is 36.5 Å². The molecule has 2 aromatic carbocycles. The third kappa shape index (κ3) is 4.58. The van der Waals surface area contributed by atoms with Crippen molar-refractivity contribution in [1.29, 1.82) is 5.26 Å². The van der Waals surface area contributed by atoms with Crippen LogP contribution in [0.15, 0.2) is 42.5 Å². The molecule has 2 rings (SSSR count). The number of hydrogen-bond donors (Lipinski definition) is 1. The molecule has 0 atom stereocenters. The SMILES string of the molecule is Cc1ccc(C(C)C)c(OCC(=O)Nc2ccc(C#N)cc2)c1. The van der Waals surface area contributed by atoms with E-state index in [0.29, 0.717) is 17.2 Å². The number of benzene rings is 2. The molecule has 0 fully saturated rings. The number of ether oxygens (including phenoxy) is 1. The number of aryl methyl sites for hydroxylation is 1. The van der Waals surface area contributed by atoms with E-state index in [0.717, 1.165) is 16.9 Å². The molecule has 0 unspecified atom stereocenters. The molecule has 0 bridgehead atoms. The Morgan fingerprint density at radius 1 is 1.22 bits per heavy atom. The average molecular weight is 308 g/mol. The fourth-order valence-electron chi connectivity index (χ4n) is 2.21. The van der Waals surface area contributed by atoms with Gasteiger partial charge >= 0.3 is 0 Å². The predicted molar refractivity (Wildman–Crippen MR) is 90.5 cm³/mol. The number of anilines is 1. The monoisotopic (exact) mass is 308 g/mol. The normalized spacial score (nSPS) is 10.2. The number of rotatable bonds is 5. The van der Waals surface area contributed by atoms with Gasteiger partial charge in [0.1, 0.15) is 5.75 Å². The molecule has 1 amide bonds. The second kappa shape index (κ2) is 7.46. The Kier molecular flexibility index (Phi) is 5.37. The second-order valence-electron chi connectivity index (χ2n) is 5.72. The van der Waals surface area contributed by atoms with Crippen molar-refractivity contribution in [3.05, 3.63) is 59.2 Å². The molecule has 1 N–H and O–H groups in total. The van der Waals surface area contributed by atoms with Gasteiger partial charge in [0, 0.05) is 5.69 Å². The first-order valence-corrected chi connectivity index (χ1v) is 7.53. The van der Waals surface area contributed by atoms with E-state index in [1.807, 2.05) is 31.2 Å². The summed E-state index contributed by atoms with van der Waals surface area (Å²) in [7, 11) is 0. The van der Waals surface area contributed by atoms with E-state index < -0.39 is 0 Å². The zero-order chi connectivity index (χ0) is 16.8. The van der Waals surface area contributed by atoms with Crippen molar-refractivity contribution < 1.29 is 9.53 Å². The molecular formula is C19H20N2O2.